The van der Waals surface area contributed by atoms with Gasteiger partial charge < -0.3 is 9.88 Å². The SMILES string of the molecule is Cc1ccc(S(=O)(=O)N2CCN(C(=O)CSc3nc4ccc([N+](=O)[O-])cc4[nH]3)[C@@H]2C(C)C)cc1. The molecule has 180 valence electrons. The summed E-state index contributed by atoms with van der Waals surface area (Å²) in [5.74, 6) is -0.246. The van der Waals surface area contributed by atoms with Crippen LogP contribution >= 0.6 is 11.8 Å². The maximum Gasteiger partial charge on any atom is 0.271 e. The molecule has 1 fully saturated rings. The van der Waals surface area contributed by atoms with Crippen LogP contribution in [0.4, 0.5) is 5.69 Å². The van der Waals surface area contributed by atoms with Gasteiger partial charge in [0, 0.05) is 25.2 Å². The van der Waals surface area contributed by atoms with Crippen molar-refractivity contribution in [3.63, 3.8) is 0 Å². The van der Waals surface area contributed by atoms with E-state index in [1.54, 1.807) is 35.2 Å². The standard InChI is InChI=1S/C22H25N5O5S2/c1-14(2)21-25(10-11-26(21)34(31,32)17-7-4-15(3)5-8-17)20(28)13-33-22-23-18-9-6-16(27(29)30)12-19(18)24-22/h4-9,12,14,21H,10-11,13H2,1-3H3,(H,23,24)/t21-/m0/s1. The molecule has 2 heterocycles. The Morgan fingerprint density at radius 3 is 2.59 bits per heavy atom. The molecular formula is C22H25N5O5S2. The summed E-state index contributed by atoms with van der Waals surface area (Å²) in [5.41, 5.74) is 2.00. The van der Waals surface area contributed by atoms with Crippen LogP contribution in [0, 0.1) is 23.0 Å². The molecule has 0 radical (unpaired) electrons. The molecule has 10 nitrogen and oxygen atoms in total. The van der Waals surface area contributed by atoms with Crippen molar-refractivity contribution >= 4 is 44.4 Å². The van der Waals surface area contributed by atoms with Crippen molar-refractivity contribution in [1.82, 2.24) is 19.2 Å². The molecule has 1 aromatic heterocycles. The number of benzene rings is 2. The Bertz CT molecular complexity index is 1340. The number of imidazole rings is 1. The molecule has 4 rings (SSSR count). The fourth-order valence-electron chi connectivity index (χ4n) is 4.07. The number of rotatable bonds is 7. The summed E-state index contributed by atoms with van der Waals surface area (Å²) in [4.78, 5) is 32.8. The molecule has 0 unspecified atom stereocenters. The lowest BCUT2D eigenvalue weighted by atomic mass is 10.1. The van der Waals surface area contributed by atoms with E-state index in [4.69, 9.17) is 0 Å². The quantitative estimate of drug-likeness (QED) is 0.297. The smallest absolute Gasteiger partial charge is 0.271 e. The van der Waals surface area contributed by atoms with Crippen LogP contribution in [0.2, 0.25) is 0 Å². The minimum absolute atomic E-state index is 0.0458. The lowest BCUT2D eigenvalue weighted by molar-refractivity contribution is -0.384. The van der Waals surface area contributed by atoms with E-state index >= 15 is 0 Å². The number of nitro groups is 1. The number of thioether (sulfide) groups is 1. The summed E-state index contributed by atoms with van der Waals surface area (Å²) in [5, 5.41) is 11.4. The van der Waals surface area contributed by atoms with Gasteiger partial charge in [-0.2, -0.15) is 4.31 Å². The Balaban J connectivity index is 1.49. The van der Waals surface area contributed by atoms with E-state index in [1.165, 1.54) is 28.2 Å². The van der Waals surface area contributed by atoms with Crippen LogP contribution in [0.5, 0.6) is 0 Å². The van der Waals surface area contributed by atoms with Crippen LogP contribution in [0.3, 0.4) is 0 Å². The Kier molecular flexibility index (Phi) is 6.65. The van der Waals surface area contributed by atoms with E-state index in [1.807, 2.05) is 20.8 Å². The van der Waals surface area contributed by atoms with Crippen molar-refractivity contribution in [3.05, 3.63) is 58.1 Å². The molecule has 0 saturated carbocycles. The summed E-state index contributed by atoms with van der Waals surface area (Å²) in [6.45, 7) is 6.22. The third kappa shape index (κ3) is 4.65. The van der Waals surface area contributed by atoms with Crippen LogP contribution in [-0.4, -0.2) is 63.4 Å². The third-order valence-electron chi connectivity index (χ3n) is 5.71. The molecule has 0 bridgehead atoms. The number of non-ortho nitro benzene ring substituents is 1. The zero-order valence-electron chi connectivity index (χ0n) is 19.0. The summed E-state index contributed by atoms with van der Waals surface area (Å²) in [7, 11) is -3.75. The van der Waals surface area contributed by atoms with Crippen LogP contribution < -0.4 is 0 Å². The van der Waals surface area contributed by atoms with Crippen molar-refractivity contribution in [2.24, 2.45) is 5.92 Å². The van der Waals surface area contributed by atoms with E-state index in [2.05, 4.69) is 9.97 Å². The second-order valence-corrected chi connectivity index (χ2v) is 11.3. The van der Waals surface area contributed by atoms with Gasteiger partial charge >= 0.3 is 0 Å². The van der Waals surface area contributed by atoms with E-state index in [-0.39, 0.29) is 34.7 Å². The number of nitro benzene ring substituents is 1. The van der Waals surface area contributed by atoms with Gasteiger partial charge in [0.05, 0.1) is 26.6 Å². The molecule has 0 aliphatic carbocycles. The number of nitrogens with one attached hydrogen (secondary N) is 1. The number of carbonyl (C=O) groups is 1. The van der Waals surface area contributed by atoms with E-state index in [9.17, 15) is 23.3 Å². The number of H-pyrrole nitrogens is 1. The second kappa shape index (κ2) is 9.35. The average molecular weight is 504 g/mol. The van der Waals surface area contributed by atoms with Gasteiger partial charge in [0.1, 0.15) is 6.17 Å². The molecule has 34 heavy (non-hydrogen) atoms. The third-order valence-corrected chi connectivity index (χ3v) is 8.45. The van der Waals surface area contributed by atoms with Crippen molar-refractivity contribution < 1.29 is 18.1 Å². The molecule has 0 spiro atoms. The summed E-state index contributed by atoms with van der Waals surface area (Å²) in [6.07, 6.45) is -0.585. The van der Waals surface area contributed by atoms with Crippen molar-refractivity contribution in [2.45, 2.75) is 37.0 Å². The molecule has 3 aromatic rings. The zero-order valence-corrected chi connectivity index (χ0v) is 20.6. The number of aromatic nitrogens is 2. The summed E-state index contributed by atoms with van der Waals surface area (Å²) < 4.78 is 28.0. The highest BCUT2D eigenvalue weighted by Crippen LogP contribution is 2.30. The van der Waals surface area contributed by atoms with Gasteiger partial charge in [0.2, 0.25) is 15.9 Å². The second-order valence-electron chi connectivity index (χ2n) is 8.46. The molecule has 1 saturated heterocycles. The number of fused-ring (bicyclic) bond motifs is 1. The van der Waals surface area contributed by atoms with Crippen molar-refractivity contribution in [3.8, 4) is 0 Å². The molecule has 1 atom stereocenters. The number of hydrogen-bond acceptors (Lipinski definition) is 7. The number of aromatic amines is 1. The van der Waals surface area contributed by atoms with Gasteiger partial charge in [-0.1, -0.05) is 43.3 Å². The normalized spacial score (nSPS) is 17.1. The van der Waals surface area contributed by atoms with E-state index in [0.717, 1.165) is 5.56 Å². The highest BCUT2D eigenvalue weighted by Gasteiger charge is 2.43. The topological polar surface area (TPSA) is 130 Å². The largest absolute Gasteiger partial charge is 0.333 e. The first kappa shape index (κ1) is 24.2. The van der Waals surface area contributed by atoms with Crippen LogP contribution in [0.1, 0.15) is 19.4 Å². The Morgan fingerprint density at radius 2 is 1.94 bits per heavy atom. The Labute approximate surface area is 201 Å². The number of hydrogen-bond donors (Lipinski definition) is 1. The fraction of sp³-hybridized carbons (Fsp3) is 0.364. The maximum absolute atomic E-state index is 13.3. The fourth-order valence-corrected chi connectivity index (χ4v) is 6.55. The number of amides is 1. The number of carbonyl (C=O) groups excluding carboxylic acids is 1. The summed E-state index contributed by atoms with van der Waals surface area (Å²) in [6, 6.07) is 11.0. The van der Waals surface area contributed by atoms with Crippen molar-refractivity contribution in [1.29, 1.82) is 0 Å². The number of aryl methyl sites for hydroxylation is 1. The van der Waals surface area contributed by atoms with Gasteiger partial charge in [-0.3, -0.25) is 14.9 Å². The van der Waals surface area contributed by atoms with Gasteiger partial charge in [0.25, 0.3) is 5.69 Å². The highest BCUT2D eigenvalue weighted by atomic mass is 32.2. The first-order valence-corrected chi connectivity index (χ1v) is 13.2. The lowest BCUT2D eigenvalue weighted by Gasteiger charge is -2.32. The monoisotopic (exact) mass is 503 g/mol. The Hall–Kier alpha value is -2.96. The average Bonchev–Trinajstić information content (AvgIpc) is 3.42. The molecule has 1 N–H and O–H groups in total. The van der Waals surface area contributed by atoms with Gasteiger partial charge in [0.15, 0.2) is 5.16 Å². The molecule has 1 aliphatic heterocycles. The lowest BCUT2D eigenvalue weighted by Crippen LogP contribution is -2.48. The van der Waals surface area contributed by atoms with Crippen molar-refractivity contribution in [2.75, 3.05) is 18.8 Å². The molecule has 1 aliphatic rings. The van der Waals surface area contributed by atoms with Gasteiger partial charge in [-0.05, 0) is 31.0 Å². The van der Waals surface area contributed by atoms with Crippen LogP contribution in [0.25, 0.3) is 11.0 Å². The molecule has 12 heteroatoms. The minimum Gasteiger partial charge on any atom is -0.333 e. The summed E-state index contributed by atoms with van der Waals surface area (Å²) >= 11 is 1.18. The molecule has 2 aromatic carbocycles. The highest BCUT2D eigenvalue weighted by molar-refractivity contribution is 7.99. The van der Waals surface area contributed by atoms with E-state index < -0.39 is 21.1 Å². The minimum atomic E-state index is -3.75. The van der Waals surface area contributed by atoms with Gasteiger partial charge in [-0.25, -0.2) is 13.4 Å². The predicted octanol–water partition coefficient (Wildman–Crippen LogP) is 3.39. The van der Waals surface area contributed by atoms with Gasteiger partial charge in [-0.15, -0.1) is 0 Å². The first-order chi connectivity index (χ1) is 16.1. The first-order valence-electron chi connectivity index (χ1n) is 10.7. The maximum atomic E-state index is 13.3. The number of nitrogens with zero attached hydrogens (tertiary/aromatic N) is 4. The Morgan fingerprint density at radius 1 is 1.24 bits per heavy atom. The number of sulfonamides is 1. The molecular weight excluding hydrogens is 478 g/mol. The molecule has 1 amide bonds. The van der Waals surface area contributed by atoms with E-state index in [0.29, 0.717) is 22.7 Å². The zero-order chi connectivity index (χ0) is 24.6. The van der Waals surface area contributed by atoms with Crippen LogP contribution in [-0.2, 0) is 14.8 Å². The predicted molar refractivity (Wildman–Crippen MR) is 129 cm³/mol. The van der Waals surface area contributed by atoms with Crippen LogP contribution in [0.15, 0.2) is 52.5 Å².